The van der Waals surface area contributed by atoms with E-state index >= 15 is 0 Å². The highest BCUT2D eigenvalue weighted by Gasteiger charge is 2.37. The van der Waals surface area contributed by atoms with E-state index in [1.165, 1.54) is 0 Å². The number of nitrogens with one attached hydrogen (secondary N) is 1. The first-order valence-electron chi connectivity index (χ1n) is 6.42. The summed E-state index contributed by atoms with van der Waals surface area (Å²) in [5.41, 5.74) is 9.89. The minimum Gasteiger partial charge on any atom is -0.383 e. The molecule has 3 fully saturated rings. The summed E-state index contributed by atoms with van der Waals surface area (Å²) in [6, 6.07) is 4.34. The summed E-state index contributed by atoms with van der Waals surface area (Å²) in [5, 5.41) is 0. The van der Waals surface area contributed by atoms with Gasteiger partial charge in [-0.1, -0.05) is 6.07 Å². The van der Waals surface area contributed by atoms with E-state index in [0.717, 1.165) is 38.3 Å². The quantitative estimate of drug-likeness (QED) is 0.478. The molecule has 5 N–H and O–H groups in total. The number of hydrazine groups is 1. The van der Waals surface area contributed by atoms with Crippen molar-refractivity contribution < 1.29 is 0 Å². The molecule has 0 amide bonds. The van der Waals surface area contributed by atoms with E-state index in [-0.39, 0.29) is 6.04 Å². The first-order valence-corrected chi connectivity index (χ1v) is 6.42. The minimum atomic E-state index is 0.0433. The van der Waals surface area contributed by atoms with Gasteiger partial charge in [0.15, 0.2) is 0 Å². The predicted octanol–water partition coefficient (Wildman–Crippen LogP) is -0.832. The zero-order valence-electron chi connectivity index (χ0n) is 10.4. The average Bonchev–Trinajstić information content (AvgIpc) is 2.43. The Kier molecular flexibility index (Phi) is 3.17. The number of nitrogens with zero attached hydrogens (tertiary/aromatic N) is 3. The maximum absolute atomic E-state index is 5.96. The van der Waals surface area contributed by atoms with Crippen LogP contribution < -0.4 is 17.0 Å². The number of anilines is 1. The van der Waals surface area contributed by atoms with Gasteiger partial charge in [-0.25, -0.2) is 4.98 Å². The third-order valence-corrected chi connectivity index (χ3v) is 4.09. The molecule has 6 nitrogen and oxygen atoms in total. The molecule has 6 heteroatoms. The fraction of sp³-hybridized carbons (Fsp3) is 0.583. The van der Waals surface area contributed by atoms with Crippen molar-refractivity contribution in [3.8, 4) is 0 Å². The molecule has 3 aliphatic heterocycles. The molecule has 4 heterocycles. The Bertz CT molecular complexity index is 415. The third kappa shape index (κ3) is 1.97. The molecule has 3 saturated heterocycles. The molecule has 4 rings (SSSR count). The number of hydrogen-bond donors (Lipinski definition) is 3. The Morgan fingerprint density at radius 1 is 1.33 bits per heavy atom. The molecule has 18 heavy (non-hydrogen) atoms. The molecular formula is C12H20N6. The van der Waals surface area contributed by atoms with Gasteiger partial charge in [-0.3, -0.25) is 21.1 Å². The minimum absolute atomic E-state index is 0.0433. The zero-order chi connectivity index (χ0) is 12.5. The zero-order valence-corrected chi connectivity index (χ0v) is 10.4. The molecule has 0 saturated carbocycles. The third-order valence-electron chi connectivity index (χ3n) is 4.09. The van der Waals surface area contributed by atoms with Crippen molar-refractivity contribution in [2.45, 2.75) is 12.1 Å². The number of rotatable bonds is 3. The van der Waals surface area contributed by atoms with Gasteiger partial charge in [0.25, 0.3) is 0 Å². The van der Waals surface area contributed by atoms with Crippen molar-refractivity contribution in [2.75, 3.05) is 38.5 Å². The molecule has 0 aromatic carbocycles. The Balaban J connectivity index is 1.87. The molecule has 2 unspecified atom stereocenters. The van der Waals surface area contributed by atoms with Crippen molar-refractivity contribution in [3.63, 3.8) is 0 Å². The van der Waals surface area contributed by atoms with E-state index < -0.39 is 0 Å². The number of aromatic nitrogens is 1. The van der Waals surface area contributed by atoms with Crippen LogP contribution in [0.3, 0.4) is 0 Å². The van der Waals surface area contributed by atoms with E-state index in [1.54, 1.807) is 6.20 Å². The summed E-state index contributed by atoms with van der Waals surface area (Å²) in [6.07, 6.45) is 1.71. The van der Waals surface area contributed by atoms with Crippen LogP contribution >= 0.6 is 0 Å². The van der Waals surface area contributed by atoms with Gasteiger partial charge < -0.3 is 5.73 Å². The van der Waals surface area contributed by atoms with Gasteiger partial charge in [0.05, 0.1) is 6.04 Å². The van der Waals surface area contributed by atoms with Gasteiger partial charge in [-0.15, -0.1) is 0 Å². The summed E-state index contributed by atoms with van der Waals surface area (Å²) in [7, 11) is 0. The second-order valence-corrected chi connectivity index (χ2v) is 5.03. The highest BCUT2D eigenvalue weighted by atomic mass is 15.4. The highest BCUT2D eigenvalue weighted by molar-refractivity contribution is 5.41. The molecule has 3 aliphatic rings. The molecule has 98 valence electrons. The van der Waals surface area contributed by atoms with Crippen LogP contribution in [0.4, 0.5) is 5.82 Å². The maximum atomic E-state index is 5.96. The van der Waals surface area contributed by atoms with Crippen LogP contribution in [0.25, 0.3) is 0 Å². The molecular weight excluding hydrogens is 228 g/mol. The van der Waals surface area contributed by atoms with Gasteiger partial charge >= 0.3 is 0 Å². The van der Waals surface area contributed by atoms with Crippen molar-refractivity contribution in [3.05, 3.63) is 23.9 Å². The van der Waals surface area contributed by atoms with E-state index in [9.17, 15) is 0 Å². The summed E-state index contributed by atoms with van der Waals surface area (Å²) in [6.45, 7) is 5.60. The Hall–Kier alpha value is -1.21. The number of nitrogen functional groups attached to an aromatic ring is 1. The lowest BCUT2D eigenvalue weighted by Gasteiger charge is -2.50. The first kappa shape index (κ1) is 11.9. The summed E-state index contributed by atoms with van der Waals surface area (Å²) in [5.74, 6) is 6.33. The van der Waals surface area contributed by atoms with Crippen molar-refractivity contribution in [1.29, 1.82) is 0 Å². The van der Waals surface area contributed by atoms with E-state index in [4.69, 9.17) is 11.6 Å². The van der Waals surface area contributed by atoms with Crippen LogP contribution in [-0.4, -0.2) is 53.5 Å². The van der Waals surface area contributed by atoms with Gasteiger partial charge in [0, 0.05) is 50.5 Å². The lowest BCUT2D eigenvalue weighted by Crippen LogP contribution is -2.64. The van der Waals surface area contributed by atoms with Gasteiger partial charge in [0.1, 0.15) is 5.82 Å². The number of fused-ring (bicyclic) bond motifs is 3. The standard InChI is InChI=1S/C12H20N6/c13-12-9(2-1-3-15-12)11(16-14)10-8-17-4-6-18(10)7-5-17/h1-3,10-11,16H,4-8,14H2,(H2,13,15). The Morgan fingerprint density at radius 2 is 2.11 bits per heavy atom. The normalized spacial score (nSPS) is 32.4. The fourth-order valence-electron chi connectivity index (χ4n) is 3.07. The van der Waals surface area contributed by atoms with E-state index in [1.807, 2.05) is 12.1 Å². The van der Waals surface area contributed by atoms with Crippen LogP contribution in [0.15, 0.2) is 18.3 Å². The molecule has 2 bridgehead atoms. The second kappa shape index (κ2) is 4.81. The van der Waals surface area contributed by atoms with Crippen molar-refractivity contribution in [1.82, 2.24) is 20.2 Å². The fourth-order valence-corrected chi connectivity index (χ4v) is 3.07. The molecule has 0 radical (unpaired) electrons. The number of hydrogen-bond acceptors (Lipinski definition) is 6. The summed E-state index contributed by atoms with van der Waals surface area (Å²) >= 11 is 0. The predicted molar refractivity (Wildman–Crippen MR) is 70.5 cm³/mol. The average molecular weight is 248 g/mol. The first-order chi connectivity index (χ1) is 8.79. The number of piperazine rings is 3. The van der Waals surface area contributed by atoms with E-state index in [0.29, 0.717) is 11.9 Å². The van der Waals surface area contributed by atoms with Crippen LogP contribution in [-0.2, 0) is 0 Å². The van der Waals surface area contributed by atoms with Crippen LogP contribution in [0.5, 0.6) is 0 Å². The van der Waals surface area contributed by atoms with Crippen molar-refractivity contribution in [2.24, 2.45) is 5.84 Å². The SMILES string of the molecule is NNC(c1cccnc1N)C1CN2CCN1CC2. The van der Waals surface area contributed by atoms with Gasteiger partial charge in [0.2, 0.25) is 0 Å². The van der Waals surface area contributed by atoms with Crippen LogP contribution in [0.1, 0.15) is 11.6 Å². The molecule has 0 aliphatic carbocycles. The topological polar surface area (TPSA) is 83.4 Å². The highest BCUT2D eigenvalue weighted by Crippen LogP contribution is 2.28. The molecule has 1 aromatic rings. The molecule has 2 atom stereocenters. The number of pyridine rings is 1. The lowest BCUT2D eigenvalue weighted by atomic mass is 9.95. The van der Waals surface area contributed by atoms with Gasteiger partial charge in [-0.2, -0.15) is 0 Å². The lowest BCUT2D eigenvalue weighted by molar-refractivity contribution is -0.00362. The monoisotopic (exact) mass is 248 g/mol. The molecule has 0 spiro atoms. The maximum Gasteiger partial charge on any atom is 0.128 e. The largest absolute Gasteiger partial charge is 0.383 e. The van der Waals surface area contributed by atoms with Crippen molar-refractivity contribution >= 4 is 5.82 Å². The Labute approximate surface area is 107 Å². The second-order valence-electron chi connectivity index (χ2n) is 5.03. The van der Waals surface area contributed by atoms with Crippen LogP contribution in [0.2, 0.25) is 0 Å². The number of nitrogens with two attached hydrogens (primary N) is 2. The van der Waals surface area contributed by atoms with E-state index in [2.05, 4.69) is 20.2 Å². The van der Waals surface area contributed by atoms with Crippen LogP contribution in [0, 0.1) is 0 Å². The smallest absolute Gasteiger partial charge is 0.128 e. The Morgan fingerprint density at radius 3 is 2.67 bits per heavy atom. The summed E-state index contributed by atoms with van der Waals surface area (Å²) < 4.78 is 0. The summed E-state index contributed by atoms with van der Waals surface area (Å²) in [4.78, 5) is 9.14. The molecule has 1 aromatic heterocycles. The van der Waals surface area contributed by atoms with Gasteiger partial charge in [-0.05, 0) is 6.07 Å².